The number of carboxylic acids is 1. The van der Waals surface area contributed by atoms with Crippen LogP contribution < -0.4 is 0 Å². The molecule has 0 amide bonds. The van der Waals surface area contributed by atoms with E-state index in [9.17, 15) is 4.79 Å². The number of rotatable bonds is 4. The maximum Gasteiger partial charge on any atom is 0.313 e. The highest BCUT2D eigenvalue weighted by Crippen LogP contribution is 2.19. The minimum atomic E-state index is -0.874. The Hall–Kier alpha value is -1.89. The first kappa shape index (κ1) is 11.6. The predicted molar refractivity (Wildman–Crippen MR) is 62.6 cm³/mol. The van der Waals surface area contributed by atoms with Crippen LogP contribution in [0.25, 0.3) is 11.4 Å². The molecule has 0 saturated carbocycles. The monoisotopic (exact) mass is 250 g/mol. The molecule has 0 aliphatic heterocycles. The fourth-order valence-corrected chi connectivity index (χ4v) is 1.87. The fraction of sp³-hybridized carbons (Fsp3) is 0.200. The molecule has 0 radical (unpaired) electrons. The molecule has 0 aromatic carbocycles. The van der Waals surface area contributed by atoms with E-state index >= 15 is 0 Å². The lowest BCUT2D eigenvalue weighted by Gasteiger charge is -1.94. The Kier molecular flexibility index (Phi) is 3.38. The molecule has 0 aliphatic carbocycles. The van der Waals surface area contributed by atoms with Crippen molar-refractivity contribution in [1.82, 2.24) is 19.7 Å². The van der Waals surface area contributed by atoms with Crippen molar-refractivity contribution < 1.29 is 9.90 Å². The summed E-state index contributed by atoms with van der Waals surface area (Å²) in [5.41, 5.74) is 0.810. The number of carboxylic acid groups (broad SMARTS) is 1. The van der Waals surface area contributed by atoms with Gasteiger partial charge >= 0.3 is 5.97 Å². The lowest BCUT2D eigenvalue weighted by atomic mass is 10.3. The molecule has 0 atom stereocenters. The van der Waals surface area contributed by atoms with E-state index in [-0.39, 0.29) is 5.75 Å². The summed E-state index contributed by atoms with van der Waals surface area (Å²) in [6.07, 6.45) is 3.34. The van der Waals surface area contributed by atoms with Crippen molar-refractivity contribution in [3.63, 3.8) is 0 Å². The highest BCUT2D eigenvalue weighted by atomic mass is 32.2. The number of aliphatic carboxylic acids is 1. The highest BCUT2D eigenvalue weighted by molar-refractivity contribution is 7.99. The molecule has 0 unspecified atom stereocenters. The zero-order valence-corrected chi connectivity index (χ0v) is 9.89. The van der Waals surface area contributed by atoms with Crippen molar-refractivity contribution >= 4 is 17.7 Å². The van der Waals surface area contributed by atoms with Gasteiger partial charge in [-0.2, -0.15) is 5.10 Å². The summed E-state index contributed by atoms with van der Waals surface area (Å²) in [5, 5.41) is 13.4. The third-order valence-electron chi connectivity index (χ3n) is 1.97. The number of carbonyl (C=O) groups is 1. The molecule has 0 saturated heterocycles. The number of pyridine rings is 1. The van der Waals surface area contributed by atoms with E-state index in [1.54, 1.807) is 30.2 Å². The first-order chi connectivity index (χ1) is 8.16. The second kappa shape index (κ2) is 4.96. The van der Waals surface area contributed by atoms with Gasteiger partial charge in [0.2, 0.25) is 0 Å². The van der Waals surface area contributed by atoms with Crippen molar-refractivity contribution in [2.75, 3.05) is 5.75 Å². The summed E-state index contributed by atoms with van der Waals surface area (Å²) in [4.78, 5) is 18.7. The van der Waals surface area contributed by atoms with Crippen LogP contribution in [0.4, 0.5) is 0 Å². The Bertz CT molecular complexity index is 526. The van der Waals surface area contributed by atoms with Crippen LogP contribution in [-0.4, -0.2) is 36.6 Å². The SMILES string of the molecule is Cn1nc(-c2cccnc2)nc1SCC(=O)O. The summed E-state index contributed by atoms with van der Waals surface area (Å²) < 4.78 is 1.57. The van der Waals surface area contributed by atoms with Gasteiger partial charge in [0.25, 0.3) is 0 Å². The lowest BCUT2D eigenvalue weighted by molar-refractivity contribution is -0.133. The van der Waals surface area contributed by atoms with Crippen LogP contribution in [0, 0.1) is 0 Å². The minimum absolute atomic E-state index is 0.0288. The summed E-state index contributed by atoms with van der Waals surface area (Å²) >= 11 is 1.14. The van der Waals surface area contributed by atoms with Gasteiger partial charge in [-0.05, 0) is 12.1 Å². The third-order valence-corrected chi connectivity index (χ3v) is 2.97. The van der Waals surface area contributed by atoms with Crippen molar-refractivity contribution in [3.8, 4) is 11.4 Å². The molecule has 0 fully saturated rings. The quantitative estimate of drug-likeness (QED) is 0.817. The molecule has 88 valence electrons. The first-order valence-electron chi connectivity index (χ1n) is 4.83. The van der Waals surface area contributed by atoms with Gasteiger partial charge in [-0.3, -0.25) is 9.78 Å². The molecule has 2 heterocycles. The zero-order chi connectivity index (χ0) is 12.3. The molecule has 2 aromatic heterocycles. The minimum Gasteiger partial charge on any atom is -0.481 e. The molecule has 2 rings (SSSR count). The maximum absolute atomic E-state index is 10.5. The van der Waals surface area contributed by atoms with Gasteiger partial charge in [0.05, 0.1) is 5.75 Å². The van der Waals surface area contributed by atoms with Crippen LogP contribution in [-0.2, 0) is 11.8 Å². The van der Waals surface area contributed by atoms with E-state index in [0.29, 0.717) is 11.0 Å². The molecule has 1 N–H and O–H groups in total. The molecular formula is C10H10N4O2S. The van der Waals surface area contributed by atoms with Gasteiger partial charge in [0, 0.05) is 25.0 Å². The van der Waals surface area contributed by atoms with Crippen LogP contribution in [0.15, 0.2) is 29.7 Å². The van der Waals surface area contributed by atoms with Gasteiger partial charge in [-0.1, -0.05) is 11.8 Å². The number of aryl methyl sites for hydroxylation is 1. The van der Waals surface area contributed by atoms with Crippen LogP contribution >= 0.6 is 11.8 Å². The van der Waals surface area contributed by atoms with E-state index < -0.39 is 5.97 Å². The Labute approximate surface area is 102 Å². The van der Waals surface area contributed by atoms with Crippen molar-refractivity contribution in [3.05, 3.63) is 24.5 Å². The molecular weight excluding hydrogens is 240 g/mol. The van der Waals surface area contributed by atoms with Gasteiger partial charge in [0.15, 0.2) is 11.0 Å². The van der Waals surface area contributed by atoms with Crippen LogP contribution in [0.3, 0.4) is 0 Å². The maximum atomic E-state index is 10.5. The van der Waals surface area contributed by atoms with E-state index in [1.807, 2.05) is 6.07 Å². The largest absolute Gasteiger partial charge is 0.481 e. The molecule has 6 nitrogen and oxygen atoms in total. The summed E-state index contributed by atoms with van der Waals surface area (Å²) in [6.45, 7) is 0. The smallest absolute Gasteiger partial charge is 0.313 e. The first-order valence-corrected chi connectivity index (χ1v) is 5.81. The average Bonchev–Trinajstić information content (AvgIpc) is 2.69. The Morgan fingerprint density at radius 2 is 2.41 bits per heavy atom. The van der Waals surface area contributed by atoms with E-state index in [2.05, 4.69) is 15.1 Å². The number of thioether (sulfide) groups is 1. The highest BCUT2D eigenvalue weighted by Gasteiger charge is 2.10. The normalized spacial score (nSPS) is 10.4. The number of nitrogens with zero attached hydrogens (tertiary/aromatic N) is 4. The standard InChI is InChI=1S/C10H10N4O2S/c1-14-10(17-6-8(15)16)12-9(13-14)7-3-2-4-11-5-7/h2-5H,6H2,1H3,(H,15,16). The lowest BCUT2D eigenvalue weighted by Crippen LogP contribution is -2.00. The average molecular weight is 250 g/mol. The van der Waals surface area contributed by atoms with E-state index in [1.165, 1.54) is 0 Å². The Morgan fingerprint density at radius 1 is 1.59 bits per heavy atom. The summed E-state index contributed by atoms with van der Waals surface area (Å²) in [5.74, 6) is -0.353. The molecule has 0 bridgehead atoms. The van der Waals surface area contributed by atoms with Crippen LogP contribution in [0.5, 0.6) is 0 Å². The second-order valence-corrected chi connectivity index (χ2v) is 4.21. The number of aromatic nitrogens is 4. The molecule has 2 aromatic rings. The van der Waals surface area contributed by atoms with Crippen LogP contribution in [0.2, 0.25) is 0 Å². The van der Waals surface area contributed by atoms with Gasteiger partial charge < -0.3 is 5.11 Å². The molecule has 0 spiro atoms. The van der Waals surface area contributed by atoms with Crippen molar-refractivity contribution in [2.24, 2.45) is 7.05 Å². The summed E-state index contributed by atoms with van der Waals surface area (Å²) in [6, 6.07) is 3.66. The topological polar surface area (TPSA) is 80.9 Å². The fourth-order valence-electron chi connectivity index (χ4n) is 1.24. The zero-order valence-electron chi connectivity index (χ0n) is 9.07. The van der Waals surface area contributed by atoms with E-state index in [0.717, 1.165) is 17.3 Å². The number of hydrogen-bond donors (Lipinski definition) is 1. The van der Waals surface area contributed by atoms with Gasteiger partial charge in [0.1, 0.15) is 0 Å². The molecule has 0 aliphatic rings. The predicted octanol–water partition coefficient (Wildman–Crippen LogP) is 1.05. The molecule has 17 heavy (non-hydrogen) atoms. The van der Waals surface area contributed by atoms with Crippen LogP contribution in [0.1, 0.15) is 0 Å². The van der Waals surface area contributed by atoms with E-state index in [4.69, 9.17) is 5.11 Å². The third kappa shape index (κ3) is 2.82. The van der Waals surface area contributed by atoms with Crippen molar-refractivity contribution in [1.29, 1.82) is 0 Å². The van der Waals surface area contributed by atoms with Gasteiger partial charge in [-0.15, -0.1) is 0 Å². The number of hydrogen-bond acceptors (Lipinski definition) is 5. The molecule has 7 heteroatoms. The summed E-state index contributed by atoms with van der Waals surface area (Å²) in [7, 11) is 1.73. The second-order valence-electron chi connectivity index (χ2n) is 3.27. The Balaban J connectivity index is 2.22. The van der Waals surface area contributed by atoms with Crippen molar-refractivity contribution in [2.45, 2.75) is 5.16 Å². The Morgan fingerprint density at radius 3 is 3.06 bits per heavy atom. The van der Waals surface area contributed by atoms with Gasteiger partial charge in [-0.25, -0.2) is 9.67 Å².